The number of rotatable bonds is 9. The maximum Gasteiger partial charge on any atom is 0.298 e. The van der Waals surface area contributed by atoms with Crippen molar-refractivity contribution < 1.29 is 22.3 Å². The zero-order chi connectivity index (χ0) is 27.8. The number of amides is 1. The Labute approximate surface area is 224 Å². The number of carbonyl (C=O) groups is 1. The summed E-state index contributed by atoms with van der Waals surface area (Å²) in [5.74, 6) is -1.02. The van der Waals surface area contributed by atoms with Gasteiger partial charge in [0, 0.05) is 20.1 Å². The summed E-state index contributed by atoms with van der Waals surface area (Å²) in [5.41, 5.74) is 0.581. The van der Waals surface area contributed by atoms with Gasteiger partial charge in [-0.1, -0.05) is 17.7 Å². The molecule has 0 unspecified atom stereocenters. The quantitative estimate of drug-likeness (QED) is 0.310. The number of pyridine rings is 1. The van der Waals surface area contributed by atoms with E-state index in [4.69, 9.17) is 16.3 Å². The van der Waals surface area contributed by atoms with Crippen LogP contribution in [0.5, 0.6) is 11.5 Å². The Morgan fingerprint density at radius 2 is 1.87 bits per heavy atom. The Morgan fingerprint density at radius 3 is 2.47 bits per heavy atom. The predicted octanol–water partition coefficient (Wildman–Crippen LogP) is 4.10. The second-order valence-electron chi connectivity index (χ2n) is 8.95. The van der Waals surface area contributed by atoms with Crippen LogP contribution in [0.2, 0.25) is 5.02 Å². The third-order valence-corrected chi connectivity index (χ3v) is 7.28. The number of nitrogens with one attached hydrogen (secondary N) is 4. The summed E-state index contributed by atoms with van der Waals surface area (Å²) in [4.78, 5) is 26.6. The van der Waals surface area contributed by atoms with Gasteiger partial charge in [0.1, 0.15) is 22.9 Å². The number of aryl methyl sites for hydroxylation is 1. The summed E-state index contributed by atoms with van der Waals surface area (Å²) in [7, 11) is -1.06. The maximum atomic E-state index is 14.7. The highest BCUT2D eigenvalue weighted by atomic mass is 35.5. The Balaban J connectivity index is 1.82. The van der Waals surface area contributed by atoms with E-state index in [0.717, 1.165) is 12.8 Å². The third-order valence-electron chi connectivity index (χ3n) is 5.95. The molecule has 1 heterocycles. The molecule has 0 saturated heterocycles. The zero-order valence-corrected chi connectivity index (χ0v) is 22.7. The van der Waals surface area contributed by atoms with Crippen molar-refractivity contribution in [3.63, 3.8) is 0 Å². The number of nitrogens with zero attached hydrogens (tertiary/aromatic N) is 1. The second-order valence-corrected chi connectivity index (χ2v) is 11.0. The van der Waals surface area contributed by atoms with E-state index >= 15 is 0 Å². The monoisotopic (exact) mass is 563 g/mol. The van der Waals surface area contributed by atoms with Crippen molar-refractivity contribution in [1.82, 2.24) is 14.6 Å². The predicted molar refractivity (Wildman–Crippen MR) is 144 cm³/mol. The SMILES string of the molecule is CNS(=O)(=O)Nc1ccc(Oc2c(C(=O)NC3CC3)c(Nc3ccc(C)cc3F)n(C)c(=O)c2C)c(Cl)c1. The molecule has 202 valence electrons. The van der Waals surface area contributed by atoms with Crippen LogP contribution >= 0.6 is 11.6 Å². The number of carbonyl (C=O) groups excluding carboxylic acids is 1. The fraction of sp³-hybridized carbons (Fsp3) is 0.280. The van der Waals surface area contributed by atoms with Crippen LogP contribution in [-0.4, -0.2) is 32.0 Å². The van der Waals surface area contributed by atoms with E-state index in [1.807, 2.05) is 0 Å². The molecule has 1 fully saturated rings. The third kappa shape index (κ3) is 5.93. The molecule has 1 saturated carbocycles. The summed E-state index contributed by atoms with van der Waals surface area (Å²) >= 11 is 6.38. The molecule has 0 aliphatic heterocycles. The smallest absolute Gasteiger partial charge is 0.298 e. The summed E-state index contributed by atoms with van der Waals surface area (Å²) in [6.07, 6.45) is 1.63. The van der Waals surface area contributed by atoms with Crippen LogP contribution in [0.3, 0.4) is 0 Å². The van der Waals surface area contributed by atoms with E-state index in [0.29, 0.717) is 5.56 Å². The lowest BCUT2D eigenvalue weighted by atomic mass is 10.1. The number of benzene rings is 2. The minimum Gasteiger partial charge on any atom is -0.454 e. The molecule has 2 aromatic carbocycles. The molecule has 13 heteroatoms. The van der Waals surface area contributed by atoms with Gasteiger partial charge in [0.05, 0.1) is 22.0 Å². The van der Waals surface area contributed by atoms with Gasteiger partial charge in [0.25, 0.3) is 21.7 Å². The fourth-order valence-corrected chi connectivity index (χ4v) is 4.45. The molecule has 38 heavy (non-hydrogen) atoms. The minimum absolute atomic E-state index is 0.00694. The van der Waals surface area contributed by atoms with Crippen LogP contribution in [0.4, 0.5) is 21.6 Å². The van der Waals surface area contributed by atoms with Gasteiger partial charge in [0.2, 0.25) is 0 Å². The number of hydrogen-bond acceptors (Lipinski definition) is 6. The number of aromatic nitrogens is 1. The highest BCUT2D eigenvalue weighted by Gasteiger charge is 2.31. The van der Waals surface area contributed by atoms with Gasteiger partial charge in [-0.2, -0.15) is 8.42 Å². The molecule has 3 aromatic rings. The molecule has 1 amide bonds. The first-order valence-electron chi connectivity index (χ1n) is 11.7. The molecule has 0 radical (unpaired) electrons. The van der Waals surface area contributed by atoms with E-state index in [1.54, 1.807) is 13.0 Å². The Kier molecular flexibility index (Phi) is 7.68. The lowest BCUT2D eigenvalue weighted by molar-refractivity contribution is 0.0948. The van der Waals surface area contributed by atoms with Crippen molar-refractivity contribution >= 4 is 44.9 Å². The van der Waals surface area contributed by atoms with Crippen molar-refractivity contribution in [3.05, 3.63) is 74.3 Å². The summed E-state index contributed by atoms with van der Waals surface area (Å²) in [6.45, 7) is 3.25. The van der Waals surface area contributed by atoms with Crippen LogP contribution in [0.15, 0.2) is 41.2 Å². The lowest BCUT2D eigenvalue weighted by Gasteiger charge is -2.22. The molecule has 1 aliphatic rings. The van der Waals surface area contributed by atoms with Crippen molar-refractivity contribution in [2.24, 2.45) is 7.05 Å². The first-order valence-corrected chi connectivity index (χ1v) is 13.5. The number of ether oxygens (including phenoxy) is 1. The van der Waals surface area contributed by atoms with Crippen molar-refractivity contribution in [2.75, 3.05) is 17.1 Å². The first-order chi connectivity index (χ1) is 17.9. The molecule has 10 nitrogen and oxygen atoms in total. The van der Waals surface area contributed by atoms with Gasteiger partial charge in [-0.3, -0.25) is 18.9 Å². The van der Waals surface area contributed by atoms with Crippen molar-refractivity contribution in [1.29, 1.82) is 0 Å². The fourth-order valence-electron chi connectivity index (χ4n) is 3.70. The van der Waals surface area contributed by atoms with Gasteiger partial charge >= 0.3 is 0 Å². The zero-order valence-electron chi connectivity index (χ0n) is 21.1. The molecule has 1 aromatic heterocycles. The van der Waals surface area contributed by atoms with Gasteiger partial charge in [-0.25, -0.2) is 9.11 Å². The molecular weight excluding hydrogens is 537 g/mol. The summed E-state index contributed by atoms with van der Waals surface area (Å²) in [5, 5.41) is 5.81. The maximum absolute atomic E-state index is 14.7. The number of anilines is 3. The van der Waals surface area contributed by atoms with Gasteiger partial charge < -0.3 is 15.4 Å². The second kappa shape index (κ2) is 10.6. The normalized spacial score (nSPS) is 13.2. The lowest BCUT2D eigenvalue weighted by Crippen LogP contribution is -2.31. The molecule has 1 aliphatic carbocycles. The molecule has 0 atom stereocenters. The average Bonchev–Trinajstić information content (AvgIpc) is 3.67. The summed E-state index contributed by atoms with van der Waals surface area (Å²) < 4.78 is 50.0. The van der Waals surface area contributed by atoms with Gasteiger partial charge in [0.15, 0.2) is 5.75 Å². The molecule has 4 rings (SSSR count). The van der Waals surface area contributed by atoms with Gasteiger partial charge in [-0.05, 0) is 62.6 Å². The van der Waals surface area contributed by atoms with Crippen molar-refractivity contribution in [2.45, 2.75) is 32.7 Å². The Hall–Kier alpha value is -3.61. The van der Waals surface area contributed by atoms with E-state index in [1.165, 1.54) is 55.9 Å². The minimum atomic E-state index is -3.78. The van der Waals surface area contributed by atoms with E-state index in [-0.39, 0.29) is 50.9 Å². The molecular formula is C25H27ClFN5O5S. The molecule has 0 bridgehead atoms. The topological polar surface area (TPSA) is 131 Å². The highest BCUT2D eigenvalue weighted by molar-refractivity contribution is 7.90. The van der Waals surface area contributed by atoms with Crippen LogP contribution in [-0.2, 0) is 17.3 Å². The van der Waals surface area contributed by atoms with Crippen LogP contribution < -0.4 is 30.4 Å². The average molecular weight is 564 g/mol. The van der Waals surface area contributed by atoms with Gasteiger partial charge in [-0.15, -0.1) is 0 Å². The largest absolute Gasteiger partial charge is 0.454 e. The van der Waals surface area contributed by atoms with E-state index in [9.17, 15) is 22.4 Å². The standard InChI is InChI=1S/C25H27ClFN5O5S/c1-13-5-9-19(18(27)11-13)30-23-21(24(33)29-15-6-7-15)22(14(2)25(34)32(23)4)37-20-10-8-16(12-17(20)26)31-38(35,36)28-3/h5,8-12,15,28,30-31H,6-7H2,1-4H3,(H,29,33). The highest BCUT2D eigenvalue weighted by Crippen LogP contribution is 2.38. The number of hydrogen-bond donors (Lipinski definition) is 4. The molecule has 4 N–H and O–H groups in total. The van der Waals surface area contributed by atoms with E-state index < -0.39 is 27.5 Å². The van der Waals surface area contributed by atoms with Crippen LogP contribution in [0.25, 0.3) is 0 Å². The van der Waals surface area contributed by atoms with Crippen LogP contribution in [0, 0.1) is 19.7 Å². The summed E-state index contributed by atoms with van der Waals surface area (Å²) in [6, 6.07) is 8.68. The van der Waals surface area contributed by atoms with E-state index in [2.05, 4.69) is 20.1 Å². The molecule has 0 spiro atoms. The number of halogens is 2. The van der Waals surface area contributed by atoms with Crippen LogP contribution in [0.1, 0.15) is 34.3 Å². The Bertz CT molecular complexity index is 1590. The Morgan fingerprint density at radius 1 is 1.16 bits per heavy atom. The first kappa shape index (κ1) is 27.4. The van der Waals surface area contributed by atoms with Crippen molar-refractivity contribution in [3.8, 4) is 11.5 Å².